The third kappa shape index (κ3) is 1.87. The third-order valence-electron chi connectivity index (χ3n) is 5.93. The summed E-state index contributed by atoms with van der Waals surface area (Å²) in [5, 5.41) is 1.10. The molecule has 3 aromatic rings. The van der Waals surface area contributed by atoms with Gasteiger partial charge in [-0.15, -0.1) is 6.42 Å². The molecule has 2 aliphatic heterocycles. The maximum atomic E-state index is 13.9. The van der Waals surface area contributed by atoms with Crippen LogP contribution in [0, 0.1) is 12.3 Å². The largest absolute Gasteiger partial charge is 0.355 e. The predicted molar refractivity (Wildman–Crippen MR) is 108 cm³/mol. The maximum absolute atomic E-state index is 13.9. The van der Waals surface area contributed by atoms with Crippen LogP contribution >= 0.6 is 0 Å². The topological polar surface area (TPSA) is 56.4 Å². The molecular formula is C23H19N3O2. The maximum Gasteiger partial charge on any atom is 0.264 e. The highest BCUT2D eigenvalue weighted by molar-refractivity contribution is 6.12. The lowest BCUT2D eigenvalue weighted by Crippen LogP contribution is -2.58. The van der Waals surface area contributed by atoms with Gasteiger partial charge in [-0.3, -0.25) is 14.5 Å². The molecule has 2 aromatic carbocycles. The van der Waals surface area contributed by atoms with Crippen LogP contribution in [0.5, 0.6) is 0 Å². The van der Waals surface area contributed by atoms with Gasteiger partial charge < -0.3 is 9.88 Å². The number of amides is 2. The lowest BCUT2D eigenvalue weighted by Gasteiger charge is -2.43. The zero-order valence-corrected chi connectivity index (χ0v) is 15.5. The van der Waals surface area contributed by atoms with Gasteiger partial charge in [0.25, 0.3) is 5.91 Å². The van der Waals surface area contributed by atoms with E-state index in [1.165, 1.54) is 6.92 Å². The Labute approximate surface area is 162 Å². The molecule has 0 bridgehead atoms. The molecule has 0 saturated carbocycles. The molecule has 1 atom stereocenters. The van der Waals surface area contributed by atoms with Crippen LogP contribution in [-0.2, 0) is 21.5 Å². The van der Waals surface area contributed by atoms with Gasteiger partial charge in [0.1, 0.15) is 0 Å². The van der Waals surface area contributed by atoms with Gasteiger partial charge in [0.05, 0.1) is 17.9 Å². The Kier molecular flexibility index (Phi) is 3.41. The van der Waals surface area contributed by atoms with Crippen LogP contribution in [-0.4, -0.2) is 34.8 Å². The second-order valence-electron chi connectivity index (χ2n) is 7.27. The lowest BCUT2D eigenvalue weighted by molar-refractivity contribution is -0.143. The van der Waals surface area contributed by atoms with E-state index >= 15 is 0 Å². The average molecular weight is 369 g/mol. The summed E-state index contributed by atoms with van der Waals surface area (Å²) in [6.45, 7) is 2.17. The molecule has 0 radical (unpaired) electrons. The first-order valence-electron chi connectivity index (χ1n) is 9.34. The van der Waals surface area contributed by atoms with E-state index in [1.54, 1.807) is 9.80 Å². The molecule has 1 spiro atoms. The van der Waals surface area contributed by atoms with Crippen molar-refractivity contribution >= 4 is 28.4 Å². The summed E-state index contributed by atoms with van der Waals surface area (Å²) in [4.78, 5) is 33.4. The minimum atomic E-state index is -1.20. The van der Waals surface area contributed by atoms with Gasteiger partial charge in [-0.05, 0) is 24.1 Å². The van der Waals surface area contributed by atoms with Crippen LogP contribution < -0.4 is 4.90 Å². The van der Waals surface area contributed by atoms with E-state index < -0.39 is 5.54 Å². The molecule has 5 nitrogen and oxygen atoms in total. The zero-order chi connectivity index (χ0) is 19.5. The minimum absolute atomic E-state index is 0.130. The standard InChI is InChI=1S/C23H19N3O2/c1-3-13-25-20-11-7-5-9-18(20)23(22(25)28)21-17(12-14-26(23)15(2)27)16-8-4-6-10-19(16)24-21/h1,4-11,24H,12-14H2,2H3. The number of carbonyl (C=O) groups excluding carboxylic acids is 2. The SMILES string of the molecule is C#CCN1C(=O)C2(c3ccccc31)c1[nH]c3ccccc3c1CCN2C(C)=O. The number of nitrogens with one attached hydrogen (secondary N) is 1. The highest BCUT2D eigenvalue weighted by atomic mass is 16.2. The van der Waals surface area contributed by atoms with Gasteiger partial charge in [0.2, 0.25) is 5.91 Å². The van der Waals surface area contributed by atoms with Gasteiger partial charge >= 0.3 is 0 Å². The Morgan fingerprint density at radius 2 is 1.96 bits per heavy atom. The first-order valence-corrected chi connectivity index (χ1v) is 9.34. The summed E-state index contributed by atoms with van der Waals surface area (Å²) < 4.78 is 0. The normalized spacial score (nSPS) is 20.4. The average Bonchev–Trinajstić information content (AvgIpc) is 3.19. The van der Waals surface area contributed by atoms with Gasteiger partial charge in [-0.25, -0.2) is 0 Å². The summed E-state index contributed by atoms with van der Waals surface area (Å²) in [6, 6.07) is 15.7. The Hall–Kier alpha value is -3.52. The number of hydrogen-bond donors (Lipinski definition) is 1. The van der Waals surface area contributed by atoms with Gasteiger partial charge in [-0.2, -0.15) is 0 Å². The van der Waals surface area contributed by atoms with Gasteiger partial charge in [0, 0.05) is 29.9 Å². The fraction of sp³-hybridized carbons (Fsp3) is 0.217. The molecule has 0 aliphatic carbocycles. The predicted octanol–water partition coefficient (Wildman–Crippen LogP) is 2.80. The van der Waals surface area contributed by atoms with E-state index in [0.29, 0.717) is 13.0 Å². The summed E-state index contributed by atoms with van der Waals surface area (Å²) in [5.74, 6) is 2.29. The molecule has 5 rings (SSSR count). The van der Waals surface area contributed by atoms with Crippen molar-refractivity contribution in [2.75, 3.05) is 18.0 Å². The molecule has 138 valence electrons. The van der Waals surface area contributed by atoms with Crippen molar-refractivity contribution in [1.29, 1.82) is 0 Å². The quantitative estimate of drug-likeness (QED) is 0.671. The van der Waals surface area contributed by atoms with Crippen molar-refractivity contribution in [3.63, 3.8) is 0 Å². The number of anilines is 1. The van der Waals surface area contributed by atoms with Crippen LogP contribution in [0.3, 0.4) is 0 Å². The number of aromatic nitrogens is 1. The number of H-pyrrole nitrogens is 1. The third-order valence-corrected chi connectivity index (χ3v) is 5.93. The minimum Gasteiger partial charge on any atom is -0.355 e. The lowest BCUT2D eigenvalue weighted by atomic mass is 9.80. The molecular weight excluding hydrogens is 350 g/mol. The van der Waals surface area contributed by atoms with E-state index in [2.05, 4.69) is 17.0 Å². The summed E-state index contributed by atoms with van der Waals surface area (Å²) in [6.07, 6.45) is 6.26. The molecule has 1 unspecified atom stereocenters. The Balaban J connectivity index is 1.90. The Morgan fingerprint density at radius 3 is 2.75 bits per heavy atom. The first-order chi connectivity index (χ1) is 13.6. The van der Waals surface area contributed by atoms with Crippen molar-refractivity contribution in [2.24, 2.45) is 0 Å². The molecule has 3 heterocycles. The van der Waals surface area contributed by atoms with Gasteiger partial charge in [0.15, 0.2) is 5.54 Å². The molecule has 2 aliphatic rings. The van der Waals surface area contributed by atoms with Crippen molar-refractivity contribution in [3.8, 4) is 12.3 Å². The van der Waals surface area contributed by atoms with Crippen molar-refractivity contribution in [3.05, 3.63) is 65.4 Å². The fourth-order valence-corrected chi connectivity index (χ4v) is 4.87. The Bertz CT molecular complexity index is 1190. The smallest absolute Gasteiger partial charge is 0.264 e. The molecule has 0 saturated heterocycles. The van der Waals surface area contributed by atoms with Crippen molar-refractivity contribution in [1.82, 2.24) is 9.88 Å². The molecule has 2 amide bonds. The van der Waals surface area contributed by atoms with Crippen LogP contribution in [0.25, 0.3) is 10.9 Å². The molecule has 1 aromatic heterocycles. The van der Waals surface area contributed by atoms with E-state index in [-0.39, 0.29) is 18.4 Å². The second kappa shape index (κ2) is 5.74. The highest BCUT2D eigenvalue weighted by Gasteiger charge is 2.60. The molecule has 1 N–H and O–H groups in total. The molecule has 5 heteroatoms. The highest BCUT2D eigenvalue weighted by Crippen LogP contribution is 2.51. The Morgan fingerprint density at radius 1 is 1.21 bits per heavy atom. The van der Waals surface area contributed by atoms with Crippen LogP contribution in [0.1, 0.15) is 23.7 Å². The fourth-order valence-electron chi connectivity index (χ4n) is 4.87. The van der Waals surface area contributed by atoms with Crippen LogP contribution in [0.2, 0.25) is 0 Å². The number of carbonyl (C=O) groups is 2. The van der Waals surface area contributed by atoms with Crippen LogP contribution in [0.15, 0.2) is 48.5 Å². The molecule has 28 heavy (non-hydrogen) atoms. The zero-order valence-electron chi connectivity index (χ0n) is 15.5. The van der Waals surface area contributed by atoms with E-state index in [4.69, 9.17) is 6.42 Å². The number of terminal acetylenes is 1. The number of fused-ring (bicyclic) bond motifs is 6. The number of nitrogens with zero attached hydrogens (tertiary/aromatic N) is 2. The van der Waals surface area contributed by atoms with Crippen molar-refractivity contribution in [2.45, 2.75) is 18.9 Å². The number of para-hydroxylation sites is 2. The number of benzene rings is 2. The van der Waals surface area contributed by atoms with E-state index in [9.17, 15) is 9.59 Å². The van der Waals surface area contributed by atoms with E-state index in [1.807, 2.05) is 42.5 Å². The number of hydrogen-bond acceptors (Lipinski definition) is 2. The van der Waals surface area contributed by atoms with E-state index in [0.717, 1.165) is 33.4 Å². The summed E-state index contributed by atoms with van der Waals surface area (Å²) >= 11 is 0. The number of rotatable bonds is 1. The van der Waals surface area contributed by atoms with Gasteiger partial charge in [-0.1, -0.05) is 42.3 Å². The number of aromatic amines is 1. The van der Waals surface area contributed by atoms with Crippen molar-refractivity contribution < 1.29 is 9.59 Å². The monoisotopic (exact) mass is 369 g/mol. The second-order valence-corrected chi connectivity index (χ2v) is 7.27. The summed E-state index contributed by atoms with van der Waals surface area (Å²) in [7, 11) is 0. The summed E-state index contributed by atoms with van der Waals surface area (Å²) in [5.41, 5.74) is 3.22. The van der Waals surface area contributed by atoms with Crippen LogP contribution in [0.4, 0.5) is 5.69 Å². The molecule has 0 fully saturated rings. The first kappa shape index (κ1) is 16.6.